The zero-order chi connectivity index (χ0) is 11.8. The Bertz CT molecular complexity index is 316. The third-order valence-corrected chi connectivity index (χ3v) is 2.49. The van der Waals surface area contributed by atoms with E-state index in [1.807, 2.05) is 6.08 Å². The van der Waals surface area contributed by atoms with Gasteiger partial charge in [0, 0.05) is 12.6 Å². The van der Waals surface area contributed by atoms with Gasteiger partial charge in [0.1, 0.15) is 5.82 Å². The number of hydrogen-bond acceptors (Lipinski definition) is 1. The van der Waals surface area contributed by atoms with Crippen molar-refractivity contribution in [1.29, 1.82) is 0 Å². The van der Waals surface area contributed by atoms with Crippen molar-refractivity contribution in [1.82, 2.24) is 5.32 Å². The lowest BCUT2D eigenvalue weighted by Crippen LogP contribution is -2.25. The van der Waals surface area contributed by atoms with E-state index in [0.717, 1.165) is 12.1 Å². The first-order chi connectivity index (χ1) is 7.72. The van der Waals surface area contributed by atoms with E-state index in [2.05, 4.69) is 25.2 Å². The molecule has 0 spiro atoms. The number of hydrogen-bond donors (Lipinski definition) is 1. The number of nitrogens with one attached hydrogen (secondary N) is 1. The molecule has 1 aromatic carbocycles. The Morgan fingerprint density at radius 3 is 2.62 bits per heavy atom. The summed E-state index contributed by atoms with van der Waals surface area (Å²) in [4.78, 5) is 0. The molecule has 1 unspecified atom stereocenters. The van der Waals surface area contributed by atoms with Gasteiger partial charge in [-0.25, -0.2) is 4.39 Å². The zero-order valence-electron chi connectivity index (χ0n) is 10.0. The van der Waals surface area contributed by atoms with Crippen molar-refractivity contribution in [3.8, 4) is 0 Å². The first-order valence-corrected chi connectivity index (χ1v) is 5.88. The average molecular weight is 221 g/mol. The molecule has 0 saturated heterocycles. The van der Waals surface area contributed by atoms with Crippen LogP contribution in [0, 0.1) is 5.82 Å². The topological polar surface area (TPSA) is 12.0 Å². The summed E-state index contributed by atoms with van der Waals surface area (Å²) in [7, 11) is 0. The molecule has 0 aliphatic heterocycles. The lowest BCUT2D eigenvalue weighted by molar-refractivity contribution is 0.536. The van der Waals surface area contributed by atoms with Gasteiger partial charge < -0.3 is 5.32 Å². The Morgan fingerprint density at radius 2 is 2.00 bits per heavy atom. The number of halogens is 1. The van der Waals surface area contributed by atoms with E-state index in [-0.39, 0.29) is 5.82 Å². The van der Waals surface area contributed by atoms with Gasteiger partial charge in [0.15, 0.2) is 0 Å². The molecule has 0 aliphatic carbocycles. The van der Waals surface area contributed by atoms with Crippen LogP contribution in [0.3, 0.4) is 0 Å². The van der Waals surface area contributed by atoms with Crippen LogP contribution in [0.15, 0.2) is 30.3 Å². The molecule has 1 rings (SSSR count). The molecular weight excluding hydrogens is 201 g/mol. The minimum Gasteiger partial charge on any atom is -0.311 e. The monoisotopic (exact) mass is 221 g/mol. The fourth-order valence-electron chi connectivity index (χ4n) is 1.57. The molecule has 0 radical (unpaired) electrons. The summed E-state index contributed by atoms with van der Waals surface area (Å²) in [5.41, 5.74) is 1.03. The van der Waals surface area contributed by atoms with Gasteiger partial charge in [0.2, 0.25) is 0 Å². The van der Waals surface area contributed by atoms with Gasteiger partial charge in [0.25, 0.3) is 0 Å². The molecule has 1 aromatic rings. The van der Waals surface area contributed by atoms with E-state index in [1.165, 1.54) is 25.0 Å². The van der Waals surface area contributed by atoms with E-state index in [1.54, 1.807) is 12.1 Å². The van der Waals surface area contributed by atoms with Gasteiger partial charge in [-0.1, -0.05) is 37.6 Å². The molecule has 0 amide bonds. The van der Waals surface area contributed by atoms with Crippen LogP contribution < -0.4 is 5.32 Å². The second kappa shape index (κ2) is 7.18. The molecule has 0 fully saturated rings. The van der Waals surface area contributed by atoms with E-state index in [4.69, 9.17) is 0 Å². The van der Waals surface area contributed by atoms with Gasteiger partial charge in [-0.05, 0) is 31.0 Å². The third-order valence-electron chi connectivity index (χ3n) is 2.49. The maximum absolute atomic E-state index is 12.6. The summed E-state index contributed by atoms with van der Waals surface area (Å²) >= 11 is 0. The van der Waals surface area contributed by atoms with Gasteiger partial charge in [0.05, 0.1) is 0 Å². The lowest BCUT2D eigenvalue weighted by atomic mass is 10.2. The molecule has 88 valence electrons. The highest BCUT2D eigenvalue weighted by atomic mass is 19.1. The van der Waals surface area contributed by atoms with E-state index < -0.39 is 0 Å². The minimum absolute atomic E-state index is 0.188. The Balaban J connectivity index is 2.29. The Labute approximate surface area is 97.4 Å². The summed E-state index contributed by atoms with van der Waals surface area (Å²) in [5, 5.41) is 3.40. The average Bonchev–Trinajstić information content (AvgIpc) is 2.27. The van der Waals surface area contributed by atoms with E-state index >= 15 is 0 Å². The Kier molecular flexibility index (Phi) is 5.79. The van der Waals surface area contributed by atoms with Gasteiger partial charge >= 0.3 is 0 Å². The predicted molar refractivity (Wildman–Crippen MR) is 67.8 cm³/mol. The quantitative estimate of drug-likeness (QED) is 0.773. The fraction of sp³-hybridized carbons (Fsp3) is 0.429. The van der Waals surface area contributed by atoms with Crippen LogP contribution in [0.2, 0.25) is 0 Å². The summed E-state index contributed by atoms with van der Waals surface area (Å²) < 4.78 is 12.6. The van der Waals surface area contributed by atoms with E-state index in [0.29, 0.717) is 6.04 Å². The second-order valence-corrected chi connectivity index (χ2v) is 4.05. The molecule has 16 heavy (non-hydrogen) atoms. The van der Waals surface area contributed by atoms with Crippen LogP contribution in [0.1, 0.15) is 32.3 Å². The largest absolute Gasteiger partial charge is 0.311 e. The van der Waals surface area contributed by atoms with Crippen LogP contribution in [0.5, 0.6) is 0 Å². The van der Waals surface area contributed by atoms with Crippen molar-refractivity contribution in [3.63, 3.8) is 0 Å². The Morgan fingerprint density at radius 1 is 1.31 bits per heavy atom. The highest BCUT2D eigenvalue weighted by Crippen LogP contribution is 2.04. The summed E-state index contributed by atoms with van der Waals surface area (Å²) in [6, 6.07) is 7.07. The normalized spacial score (nSPS) is 13.2. The molecule has 1 nitrogen and oxygen atoms in total. The fourth-order valence-corrected chi connectivity index (χ4v) is 1.57. The predicted octanol–water partition coefficient (Wildman–Crippen LogP) is 3.62. The van der Waals surface area contributed by atoms with Crippen molar-refractivity contribution >= 4 is 6.08 Å². The highest BCUT2D eigenvalue weighted by Gasteiger charge is 1.95. The maximum Gasteiger partial charge on any atom is 0.123 e. The van der Waals surface area contributed by atoms with Gasteiger partial charge in [-0.2, -0.15) is 0 Å². The molecule has 1 atom stereocenters. The molecule has 0 bridgehead atoms. The second-order valence-electron chi connectivity index (χ2n) is 4.05. The van der Waals surface area contributed by atoms with Crippen LogP contribution in [-0.4, -0.2) is 12.6 Å². The zero-order valence-corrected chi connectivity index (χ0v) is 10.0. The molecule has 0 aromatic heterocycles. The minimum atomic E-state index is -0.188. The highest BCUT2D eigenvalue weighted by molar-refractivity contribution is 5.48. The van der Waals surface area contributed by atoms with Crippen LogP contribution >= 0.6 is 0 Å². The summed E-state index contributed by atoms with van der Waals surface area (Å²) in [6.07, 6.45) is 6.48. The molecule has 0 heterocycles. The van der Waals surface area contributed by atoms with Crippen molar-refractivity contribution in [3.05, 3.63) is 41.7 Å². The van der Waals surface area contributed by atoms with Crippen molar-refractivity contribution < 1.29 is 4.39 Å². The number of benzene rings is 1. The summed E-state index contributed by atoms with van der Waals surface area (Å²) in [6.45, 7) is 5.24. The molecular formula is C14H20FN. The van der Waals surface area contributed by atoms with Crippen molar-refractivity contribution in [2.45, 2.75) is 32.7 Å². The Hall–Kier alpha value is -1.15. The smallest absolute Gasteiger partial charge is 0.123 e. The van der Waals surface area contributed by atoms with Crippen molar-refractivity contribution in [2.24, 2.45) is 0 Å². The molecule has 0 aliphatic rings. The third kappa shape index (κ3) is 5.08. The van der Waals surface area contributed by atoms with Crippen LogP contribution in [0.25, 0.3) is 6.08 Å². The molecule has 1 N–H and O–H groups in total. The lowest BCUT2D eigenvalue weighted by Gasteiger charge is -2.09. The summed E-state index contributed by atoms with van der Waals surface area (Å²) in [5.74, 6) is -0.188. The van der Waals surface area contributed by atoms with E-state index in [9.17, 15) is 4.39 Å². The molecule has 2 heteroatoms. The number of rotatable bonds is 6. The molecule has 0 saturated carbocycles. The van der Waals surface area contributed by atoms with Crippen molar-refractivity contribution in [2.75, 3.05) is 6.54 Å². The van der Waals surface area contributed by atoms with Crippen LogP contribution in [-0.2, 0) is 0 Å². The SMILES string of the molecule is CCCC(C)NC/C=C/c1ccc(F)cc1. The van der Waals surface area contributed by atoms with Gasteiger partial charge in [-0.15, -0.1) is 0 Å². The van der Waals surface area contributed by atoms with Gasteiger partial charge in [-0.3, -0.25) is 0 Å². The first kappa shape index (κ1) is 12.9. The first-order valence-electron chi connectivity index (χ1n) is 5.88. The standard InChI is InChI=1S/C14H20FN/c1-3-5-12(2)16-11-4-6-13-7-9-14(15)10-8-13/h4,6-10,12,16H,3,5,11H2,1-2H3/b6-4+. The van der Waals surface area contributed by atoms with Crippen LogP contribution in [0.4, 0.5) is 4.39 Å². The maximum atomic E-state index is 12.6.